The number of hydrogen-bond donors (Lipinski definition) is 3. The minimum Gasteiger partial charge on any atom is -0.481 e. The monoisotopic (exact) mass is 656 g/mol. The first-order valence-corrected chi connectivity index (χ1v) is 14.6. The lowest BCUT2D eigenvalue weighted by molar-refractivity contribution is -0.164. The van der Waals surface area contributed by atoms with Gasteiger partial charge in [0.15, 0.2) is 0 Å². The number of halogens is 1. The molecule has 0 spiro atoms. The van der Waals surface area contributed by atoms with Crippen molar-refractivity contribution in [2.45, 2.75) is 79.4 Å². The van der Waals surface area contributed by atoms with Crippen LogP contribution in [-0.4, -0.2) is 102 Å². The summed E-state index contributed by atoms with van der Waals surface area (Å²) >= 11 is 3.40. The second-order valence-corrected chi connectivity index (χ2v) is 13.7. The number of aliphatic carboxylic acids is 2. The molecule has 0 saturated carbocycles. The van der Waals surface area contributed by atoms with Crippen molar-refractivity contribution in [3.63, 3.8) is 0 Å². The standard InChI is InChI=1S/C14H24O6.C9H16O5.C5H9BrO/c1-13(2,3)20-11(15)5-10(12(16)17)6-18-7-14(4)8-19-9-14;1-9(2,3)14-7(11)4-6(5-10)8(12)13;1-5(2-6)3-7-4-5/h10H,5-9H2,1-4H3,(H,16,17);6,10H,4-5H2,1-3H3,(H,12,13);2-4H2,1H3/t10-;6-;/m00./s1. The summed E-state index contributed by atoms with van der Waals surface area (Å²) in [7, 11) is 0. The third-order valence-corrected chi connectivity index (χ3v) is 6.83. The lowest BCUT2D eigenvalue weighted by Crippen LogP contribution is -2.44. The molecule has 13 heteroatoms. The molecular formula is C28H49BrO12. The maximum absolute atomic E-state index is 11.6. The predicted octanol–water partition coefficient (Wildman–Crippen LogP) is 3.30. The van der Waals surface area contributed by atoms with Crippen LogP contribution in [0.2, 0.25) is 0 Å². The van der Waals surface area contributed by atoms with E-state index in [0.29, 0.717) is 25.2 Å². The molecule has 2 rings (SSSR count). The Morgan fingerprint density at radius 1 is 0.780 bits per heavy atom. The van der Waals surface area contributed by atoms with Crippen molar-refractivity contribution in [3.8, 4) is 0 Å². The Hall–Kier alpha value is -1.80. The first kappa shape index (κ1) is 39.2. The van der Waals surface area contributed by atoms with Gasteiger partial charge < -0.3 is 39.0 Å². The molecule has 3 N–H and O–H groups in total. The average molecular weight is 658 g/mol. The van der Waals surface area contributed by atoms with Crippen LogP contribution in [0.1, 0.15) is 68.2 Å². The number of aliphatic hydroxyl groups is 1. The number of carbonyl (C=O) groups is 4. The minimum absolute atomic E-state index is 0.00413. The van der Waals surface area contributed by atoms with Gasteiger partial charge in [0.25, 0.3) is 0 Å². The summed E-state index contributed by atoms with van der Waals surface area (Å²) in [6.45, 7) is 17.5. The molecule has 0 bridgehead atoms. The van der Waals surface area contributed by atoms with Crippen LogP contribution in [0.4, 0.5) is 0 Å². The van der Waals surface area contributed by atoms with E-state index < -0.39 is 53.5 Å². The zero-order valence-electron chi connectivity index (χ0n) is 25.6. The SMILES string of the molecule is CC(C)(C)OC(=O)C[C@@H](CO)C(=O)O.CC1(CBr)COC1.CC1(COC[C@H](CC(=O)OC(C)(C)C)C(=O)O)COC1. The molecule has 2 fully saturated rings. The van der Waals surface area contributed by atoms with Crippen molar-refractivity contribution < 1.29 is 58.2 Å². The lowest BCUT2D eigenvalue weighted by Gasteiger charge is -2.37. The van der Waals surface area contributed by atoms with Gasteiger partial charge in [-0.25, -0.2) is 0 Å². The van der Waals surface area contributed by atoms with Crippen LogP contribution >= 0.6 is 15.9 Å². The normalized spacial score (nSPS) is 18.4. The van der Waals surface area contributed by atoms with Gasteiger partial charge in [-0.1, -0.05) is 29.8 Å². The van der Waals surface area contributed by atoms with Gasteiger partial charge in [0.05, 0.1) is 70.9 Å². The minimum atomic E-state index is -1.20. The highest BCUT2D eigenvalue weighted by Gasteiger charge is 2.35. The third-order valence-electron chi connectivity index (χ3n) is 5.48. The van der Waals surface area contributed by atoms with Crippen LogP contribution in [-0.2, 0) is 42.9 Å². The van der Waals surface area contributed by atoms with Gasteiger partial charge in [0, 0.05) is 16.2 Å². The summed E-state index contributed by atoms with van der Waals surface area (Å²) in [5.41, 5.74) is -0.817. The first-order chi connectivity index (χ1) is 18.6. The number of alkyl halides is 1. The molecule has 240 valence electrons. The fourth-order valence-electron chi connectivity index (χ4n) is 3.13. The lowest BCUT2D eigenvalue weighted by atomic mass is 9.90. The number of carboxylic acid groups (broad SMARTS) is 2. The second-order valence-electron chi connectivity index (χ2n) is 13.1. The number of esters is 2. The molecule has 2 aliphatic rings. The summed E-state index contributed by atoms with van der Waals surface area (Å²) in [6.07, 6.45) is -0.483. The molecule has 2 atom stereocenters. The highest BCUT2D eigenvalue weighted by molar-refractivity contribution is 9.09. The first-order valence-electron chi connectivity index (χ1n) is 13.4. The van der Waals surface area contributed by atoms with Gasteiger partial charge in [0.2, 0.25) is 0 Å². The topological polar surface area (TPSA) is 175 Å². The summed E-state index contributed by atoms with van der Waals surface area (Å²) in [5.74, 6) is -5.34. The predicted molar refractivity (Wildman–Crippen MR) is 153 cm³/mol. The Balaban J connectivity index is 0.000000656. The Bertz CT molecular complexity index is 832. The fraction of sp³-hybridized carbons (Fsp3) is 0.857. The van der Waals surface area contributed by atoms with Crippen molar-refractivity contribution in [1.29, 1.82) is 0 Å². The van der Waals surface area contributed by atoms with E-state index in [2.05, 4.69) is 22.9 Å². The van der Waals surface area contributed by atoms with Gasteiger partial charge in [-0.3, -0.25) is 19.2 Å². The molecule has 2 heterocycles. The largest absolute Gasteiger partial charge is 0.481 e. The van der Waals surface area contributed by atoms with E-state index in [4.69, 9.17) is 39.0 Å². The van der Waals surface area contributed by atoms with Crippen LogP contribution in [0, 0.1) is 22.7 Å². The van der Waals surface area contributed by atoms with Gasteiger partial charge in [-0.05, 0) is 41.5 Å². The van der Waals surface area contributed by atoms with Crippen molar-refractivity contribution in [2.75, 3.05) is 51.6 Å². The van der Waals surface area contributed by atoms with Crippen molar-refractivity contribution in [2.24, 2.45) is 22.7 Å². The molecule has 0 radical (unpaired) electrons. The molecule has 12 nitrogen and oxygen atoms in total. The highest BCUT2D eigenvalue weighted by Crippen LogP contribution is 2.28. The molecule has 2 aliphatic heterocycles. The number of hydrogen-bond acceptors (Lipinski definition) is 10. The molecule has 0 amide bonds. The molecule has 0 aliphatic carbocycles. The molecule has 2 saturated heterocycles. The van der Waals surface area contributed by atoms with Crippen LogP contribution in [0.3, 0.4) is 0 Å². The van der Waals surface area contributed by atoms with Gasteiger partial charge in [-0.15, -0.1) is 0 Å². The molecule has 41 heavy (non-hydrogen) atoms. The van der Waals surface area contributed by atoms with Crippen LogP contribution in [0.5, 0.6) is 0 Å². The third kappa shape index (κ3) is 18.4. The maximum Gasteiger partial charge on any atom is 0.309 e. The van der Waals surface area contributed by atoms with E-state index >= 15 is 0 Å². The summed E-state index contributed by atoms with van der Waals surface area (Å²) in [4.78, 5) is 44.4. The Kier molecular flexibility index (Phi) is 16.6. The van der Waals surface area contributed by atoms with Crippen LogP contribution in [0.15, 0.2) is 0 Å². The molecule has 0 aromatic rings. The zero-order valence-corrected chi connectivity index (χ0v) is 27.2. The number of carboxylic acids is 2. The van der Waals surface area contributed by atoms with E-state index in [1.54, 1.807) is 41.5 Å². The average Bonchev–Trinajstić information content (AvgIpc) is 2.77. The van der Waals surface area contributed by atoms with E-state index in [1.165, 1.54) is 0 Å². The summed E-state index contributed by atoms with van der Waals surface area (Å²) in [6, 6.07) is 0. The zero-order chi connectivity index (χ0) is 32.1. The van der Waals surface area contributed by atoms with Crippen molar-refractivity contribution >= 4 is 39.8 Å². The Morgan fingerprint density at radius 2 is 1.17 bits per heavy atom. The smallest absolute Gasteiger partial charge is 0.309 e. The summed E-state index contributed by atoms with van der Waals surface area (Å²) < 4.78 is 25.5. The number of rotatable bonds is 12. The molecule has 0 aromatic carbocycles. The maximum atomic E-state index is 11.6. The summed E-state index contributed by atoms with van der Waals surface area (Å²) in [5, 5.41) is 27.4. The number of ether oxygens (including phenoxy) is 5. The van der Waals surface area contributed by atoms with Crippen LogP contribution in [0.25, 0.3) is 0 Å². The quantitative estimate of drug-likeness (QED) is 0.207. The number of aliphatic hydroxyl groups excluding tert-OH is 1. The highest BCUT2D eigenvalue weighted by atomic mass is 79.9. The van der Waals surface area contributed by atoms with Gasteiger partial charge in [-0.2, -0.15) is 0 Å². The van der Waals surface area contributed by atoms with E-state index in [0.717, 1.165) is 18.5 Å². The fourth-order valence-corrected chi connectivity index (χ4v) is 3.45. The number of carbonyl (C=O) groups excluding carboxylic acids is 2. The molecule has 0 unspecified atom stereocenters. The van der Waals surface area contributed by atoms with Crippen LogP contribution < -0.4 is 0 Å². The van der Waals surface area contributed by atoms with Gasteiger partial charge >= 0.3 is 23.9 Å². The van der Waals surface area contributed by atoms with Gasteiger partial charge in [0.1, 0.15) is 11.2 Å². The molecule has 0 aromatic heterocycles. The second kappa shape index (κ2) is 17.3. The Labute approximate surface area is 251 Å². The molecular weight excluding hydrogens is 608 g/mol. The van der Waals surface area contributed by atoms with E-state index in [9.17, 15) is 19.2 Å². The van der Waals surface area contributed by atoms with Crippen molar-refractivity contribution in [1.82, 2.24) is 0 Å². The van der Waals surface area contributed by atoms with E-state index in [1.807, 2.05) is 6.92 Å². The Morgan fingerprint density at radius 3 is 1.41 bits per heavy atom. The van der Waals surface area contributed by atoms with Crippen molar-refractivity contribution in [3.05, 3.63) is 0 Å². The van der Waals surface area contributed by atoms with E-state index in [-0.39, 0.29) is 24.9 Å².